The minimum absolute atomic E-state index is 0.0361. The molecule has 0 amide bonds. The largest absolute Gasteiger partial charge is 0.443 e. The van der Waals surface area contributed by atoms with E-state index in [1.165, 1.54) is 11.5 Å². The van der Waals surface area contributed by atoms with Gasteiger partial charge in [0, 0.05) is 56.6 Å². The first kappa shape index (κ1) is 19.6. The molecule has 1 fully saturated rings. The van der Waals surface area contributed by atoms with E-state index < -0.39 is 0 Å². The quantitative estimate of drug-likeness (QED) is 0.632. The van der Waals surface area contributed by atoms with E-state index in [9.17, 15) is 0 Å². The minimum Gasteiger partial charge on any atom is -0.443 e. The third kappa shape index (κ3) is 4.77. The van der Waals surface area contributed by atoms with Crippen molar-refractivity contribution in [1.82, 2.24) is 24.6 Å². The van der Waals surface area contributed by atoms with Crippen LogP contribution in [-0.4, -0.2) is 58.4 Å². The van der Waals surface area contributed by atoms with E-state index in [4.69, 9.17) is 4.42 Å². The number of nitrogens with one attached hydrogen (secondary N) is 1. The molecule has 148 valence electrons. The third-order valence-electron chi connectivity index (χ3n) is 4.53. The third-order valence-corrected chi connectivity index (χ3v) is 5.34. The van der Waals surface area contributed by atoms with E-state index in [1.807, 2.05) is 13.2 Å². The van der Waals surface area contributed by atoms with Crippen LogP contribution in [0, 0.1) is 0 Å². The lowest BCUT2D eigenvalue weighted by atomic mass is 9.94. The van der Waals surface area contributed by atoms with Crippen LogP contribution in [0.4, 0.5) is 5.13 Å². The molecule has 3 rings (SSSR count). The summed E-state index contributed by atoms with van der Waals surface area (Å²) in [6, 6.07) is 0. The highest BCUT2D eigenvalue weighted by Gasteiger charge is 2.23. The summed E-state index contributed by atoms with van der Waals surface area (Å²) in [7, 11) is 1.81. The van der Waals surface area contributed by atoms with Crippen LogP contribution < -0.4 is 10.2 Å². The van der Waals surface area contributed by atoms with Gasteiger partial charge in [0.1, 0.15) is 11.6 Å². The van der Waals surface area contributed by atoms with Gasteiger partial charge in [-0.05, 0) is 0 Å². The Kier molecular flexibility index (Phi) is 5.98. The molecule has 0 atom stereocenters. The lowest BCUT2D eigenvalue weighted by Gasteiger charge is -2.36. The second-order valence-corrected chi connectivity index (χ2v) is 8.32. The molecule has 1 saturated heterocycles. The van der Waals surface area contributed by atoms with Crippen molar-refractivity contribution in [3.63, 3.8) is 0 Å². The molecule has 2 aromatic rings. The van der Waals surface area contributed by atoms with Gasteiger partial charge in [0.15, 0.2) is 5.96 Å². The van der Waals surface area contributed by atoms with Gasteiger partial charge in [0.2, 0.25) is 11.0 Å². The lowest BCUT2D eigenvalue weighted by molar-refractivity contribution is 0.359. The second kappa shape index (κ2) is 8.24. The van der Waals surface area contributed by atoms with Crippen LogP contribution in [0.3, 0.4) is 0 Å². The van der Waals surface area contributed by atoms with Gasteiger partial charge in [0.25, 0.3) is 0 Å². The van der Waals surface area contributed by atoms with Crippen LogP contribution >= 0.6 is 11.5 Å². The molecule has 2 aromatic heterocycles. The fraction of sp³-hybridized carbons (Fsp3) is 0.667. The van der Waals surface area contributed by atoms with Gasteiger partial charge in [0.05, 0.1) is 12.7 Å². The van der Waals surface area contributed by atoms with Gasteiger partial charge in [-0.1, -0.05) is 27.7 Å². The number of oxazole rings is 1. The lowest BCUT2D eigenvalue weighted by Crippen LogP contribution is -2.52. The summed E-state index contributed by atoms with van der Waals surface area (Å²) in [6.45, 7) is 12.5. The molecule has 0 radical (unpaired) electrons. The number of aryl methyl sites for hydroxylation is 1. The van der Waals surface area contributed by atoms with Crippen LogP contribution in [0.2, 0.25) is 0 Å². The zero-order valence-electron chi connectivity index (χ0n) is 16.8. The Hall–Kier alpha value is -2.16. The monoisotopic (exact) mass is 391 g/mol. The Morgan fingerprint density at radius 1 is 1.30 bits per heavy atom. The summed E-state index contributed by atoms with van der Waals surface area (Å²) in [5.74, 6) is 3.37. The molecule has 0 bridgehead atoms. The standard InChI is InChI=1S/C18H29N7OS/c1-6-14-22-17(27-23-14)25-9-7-24(8-10-25)16(19-5)21-12-15-20-11-13(26-15)18(2,3)4/h11H,6-10,12H2,1-5H3,(H,19,21). The van der Waals surface area contributed by atoms with Gasteiger partial charge < -0.3 is 19.5 Å². The molecular weight excluding hydrogens is 362 g/mol. The van der Waals surface area contributed by atoms with Crippen molar-refractivity contribution in [3.8, 4) is 0 Å². The molecule has 27 heavy (non-hydrogen) atoms. The minimum atomic E-state index is -0.0361. The van der Waals surface area contributed by atoms with Crippen LogP contribution in [0.25, 0.3) is 0 Å². The average molecular weight is 392 g/mol. The Morgan fingerprint density at radius 3 is 2.59 bits per heavy atom. The number of aromatic nitrogens is 3. The summed E-state index contributed by atoms with van der Waals surface area (Å²) >= 11 is 1.49. The van der Waals surface area contributed by atoms with E-state index in [0.717, 1.165) is 55.3 Å². The van der Waals surface area contributed by atoms with Gasteiger partial charge in [-0.25, -0.2) is 9.97 Å². The van der Waals surface area contributed by atoms with Crippen molar-refractivity contribution in [2.24, 2.45) is 4.99 Å². The molecular formula is C18H29N7OS. The summed E-state index contributed by atoms with van der Waals surface area (Å²) in [4.78, 5) is 17.9. The molecule has 0 aliphatic carbocycles. The molecule has 8 nitrogen and oxygen atoms in total. The van der Waals surface area contributed by atoms with E-state index in [-0.39, 0.29) is 5.41 Å². The molecule has 0 aromatic carbocycles. The number of anilines is 1. The Morgan fingerprint density at radius 2 is 2.04 bits per heavy atom. The topological polar surface area (TPSA) is 82.7 Å². The smallest absolute Gasteiger partial charge is 0.213 e. The molecule has 3 heterocycles. The molecule has 1 N–H and O–H groups in total. The number of rotatable bonds is 4. The van der Waals surface area contributed by atoms with E-state index in [2.05, 4.69) is 62.1 Å². The second-order valence-electron chi connectivity index (χ2n) is 7.59. The van der Waals surface area contributed by atoms with Crippen molar-refractivity contribution < 1.29 is 4.42 Å². The highest BCUT2D eigenvalue weighted by molar-refractivity contribution is 7.09. The molecule has 1 aliphatic heterocycles. The van der Waals surface area contributed by atoms with Crippen molar-refractivity contribution >= 4 is 22.6 Å². The van der Waals surface area contributed by atoms with Crippen molar-refractivity contribution in [2.75, 3.05) is 38.1 Å². The summed E-state index contributed by atoms with van der Waals surface area (Å²) in [5.41, 5.74) is -0.0361. The molecule has 0 spiro atoms. The fourth-order valence-electron chi connectivity index (χ4n) is 2.85. The summed E-state index contributed by atoms with van der Waals surface area (Å²) < 4.78 is 10.2. The predicted molar refractivity (Wildman–Crippen MR) is 108 cm³/mol. The molecule has 1 aliphatic rings. The summed E-state index contributed by atoms with van der Waals surface area (Å²) in [6.07, 6.45) is 2.69. The Balaban J connectivity index is 1.52. The van der Waals surface area contributed by atoms with Crippen LogP contribution in [0.15, 0.2) is 15.6 Å². The van der Waals surface area contributed by atoms with E-state index in [0.29, 0.717) is 12.4 Å². The van der Waals surface area contributed by atoms with Crippen molar-refractivity contribution in [1.29, 1.82) is 0 Å². The Labute approximate surface area is 164 Å². The SMILES string of the molecule is CCc1nsc(N2CCN(C(=NC)NCc3ncc(C(C)(C)C)o3)CC2)n1. The normalized spacial score (nSPS) is 16.1. The van der Waals surface area contributed by atoms with Gasteiger partial charge in [-0.2, -0.15) is 4.37 Å². The number of piperazine rings is 1. The number of hydrogen-bond donors (Lipinski definition) is 1. The van der Waals surface area contributed by atoms with E-state index >= 15 is 0 Å². The fourth-order valence-corrected chi connectivity index (χ4v) is 3.65. The van der Waals surface area contributed by atoms with Crippen LogP contribution in [-0.2, 0) is 18.4 Å². The molecule has 0 saturated carbocycles. The number of hydrogen-bond acceptors (Lipinski definition) is 7. The first-order valence-corrected chi connectivity index (χ1v) is 10.2. The first-order chi connectivity index (χ1) is 12.9. The highest BCUT2D eigenvalue weighted by atomic mass is 32.1. The van der Waals surface area contributed by atoms with Gasteiger partial charge in [-0.15, -0.1) is 0 Å². The highest BCUT2D eigenvalue weighted by Crippen LogP contribution is 2.22. The van der Waals surface area contributed by atoms with Crippen molar-refractivity contribution in [3.05, 3.63) is 23.7 Å². The number of aliphatic imine (C=N–C) groups is 1. The Bertz CT molecular complexity index is 769. The molecule has 0 unspecified atom stereocenters. The van der Waals surface area contributed by atoms with Crippen LogP contribution in [0.5, 0.6) is 0 Å². The van der Waals surface area contributed by atoms with Crippen LogP contribution in [0.1, 0.15) is 45.2 Å². The van der Waals surface area contributed by atoms with Crippen molar-refractivity contribution in [2.45, 2.75) is 46.1 Å². The zero-order valence-corrected chi connectivity index (χ0v) is 17.6. The molecule has 9 heteroatoms. The maximum absolute atomic E-state index is 5.85. The first-order valence-electron chi connectivity index (χ1n) is 9.39. The van der Waals surface area contributed by atoms with E-state index in [1.54, 1.807) is 0 Å². The zero-order chi connectivity index (χ0) is 19.4. The maximum Gasteiger partial charge on any atom is 0.213 e. The maximum atomic E-state index is 5.85. The van der Waals surface area contributed by atoms with Gasteiger partial charge in [-0.3, -0.25) is 4.99 Å². The average Bonchev–Trinajstić information content (AvgIpc) is 3.32. The summed E-state index contributed by atoms with van der Waals surface area (Å²) in [5, 5.41) is 4.38. The number of guanidine groups is 1. The number of nitrogens with zero attached hydrogens (tertiary/aromatic N) is 6. The van der Waals surface area contributed by atoms with Gasteiger partial charge >= 0.3 is 0 Å². The predicted octanol–water partition coefficient (Wildman–Crippen LogP) is 2.28.